The molecule has 78 valence electrons. The largest absolute Gasteiger partial charge is 0.312 e. The van der Waals surface area contributed by atoms with Crippen molar-refractivity contribution in [3.05, 3.63) is 0 Å². The maximum absolute atomic E-state index is 3.58. The van der Waals surface area contributed by atoms with E-state index in [0.717, 1.165) is 5.92 Å². The summed E-state index contributed by atoms with van der Waals surface area (Å²) >= 11 is 0. The summed E-state index contributed by atoms with van der Waals surface area (Å²) in [7, 11) is 0. The van der Waals surface area contributed by atoms with Crippen molar-refractivity contribution >= 4 is 0 Å². The molecule has 0 spiro atoms. The van der Waals surface area contributed by atoms with E-state index in [1.807, 2.05) is 0 Å². The van der Waals surface area contributed by atoms with Gasteiger partial charge in [-0.2, -0.15) is 0 Å². The van der Waals surface area contributed by atoms with E-state index < -0.39 is 0 Å². The van der Waals surface area contributed by atoms with E-state index in [0.29, 0.717) is 0 Å². The Bertz CT molecular complexity index is 149. The highest BCUT2D eigenvalue weighted by Gasteiger charge is 2.22. The Labute approximate surface area is 82.7 Å². The van der Waals surface area contributed by atoms with Crippen molar-refractivity contribution in [2.24, 2.45) is 5.92 Å². The van der Waals surface area contributed by atoms with Gasteiger partial charge in [-0.15, -0.1) is 0 Å². The van der Waals surface area contributed by atoms with Gasteiger partial charge in [0, 0.05) is 12.1 Å². The predicted molar refractivity (Wildman–Crippen MR) is 58.0 cm³/mol. The van der Waals surface area contributed by atoms with Crippen LogP contribution in [-0.2, 0) is 0 Å². The van der Waals surface area contributed by atoms with E-state index in [4.69, 9.17) is 0 Å². The Kier molecular flexibility index (Phi) is 3.74. The van der Waals surface area contributed by atoms with Gasteiger partial charge < -0.3 is 10.2 Å². The molecule has 1 atom stereocenters. The van der Waals surface area contributed by atoms with Crippen LogP contribution in [0.3, 0.4) is 0 Å². The van der Waals surface area contributed by atoms with Crippen LogP contribution in [0.1, 0.15) is 34.1 Å². The molecule has 0 aromatic carbocycles. The Morgan fingerprint density at radius 1 is 1.38 bits per heavy atom. The van der Waals surface area contributed by atoms with Gasteiger partial charge in [0.25, 0.3) is 0 Å². The molecule has 1 saturated heterocycles. The van der Waals surface area contributed by atoms with E-state index in [9.17, 15) is 0 Å². The average Bonchev–Trinajstić information content (AvgIpc) is 2.47. The fourth-order valence-electron chi connectivity index (χ4n) is 1.82. The van der Waals surface area contributed by atoms with Gasteiger partial charge in [-0.25, -0.2) is 0 Å². The zero-order chi connectivity index (χ0) is 9.90. The average molecular weight is 184 g/mol. The molecule has 1 fully saturated rings. The van der Waals surface area contributed by atoms with Crippen molar-refractivity contribution in [1.29, 1.82) is 0 Å². The highest BCUT2D eigenvalue weighted by molar-refractivity contribution is 4.79. The van der Waals surface area contributed by atoms with Gasteiger partial charge in [-0.3, -0.25) is 0 Å². The van der Waals surface area contributed by atoms with Gasteiger partial charge in [-0.05, 0) is 52.7 Å². The third-order valence-electron chi connectivity index (χ3n) is 2.74. The quantitative estimate of drug-likeness (QED) is 0.718. The second-order valence-corrected chi connectivity index (χ2v) is 5.18. The summed E-state index contributed by atoms with van der Waals surface area (Å²) in [4.78, 5) is 2.54. The molecule has 13 heavy (non-hydrogen) atoms. The molecule has 1 rings (SSSR count). The summed E-state index contributed by atoms with van der Waals surface area (Å²) in [5.74, 6) is 0.874. The van der Waals surface area contributed by atoms with E-state index in [1.54, 1.807) is 0 Å². The maximum atomic E-state index is 3.58. The van der Waals surface area contributed by atoms with Crippen LogP contribution in [0.15, 0.2) is 0 Å². The Balaban J connectivity index is 2.17. The normalized spacial score (nSPS) is 25.4. The molecule has 0 aromatic heterocycles. The van der Waals surface area contributed by atoms with Crippen molar-refractivity contribution in [2.75, 3.05) is 26.2 Å². The van der Waals surface area contributed by atoms with Crippen LogP contribution >= 0.6 is 0 Å². The summed E-state index contributed by atoms with van der Waals surface area (Å²) in [5, 5.41) is 3.58. The molecule has 1 heterocycles. The first-order valence-corrected chi connectivity index (χ1v) is 5.48. The number of hydrogen-bond acceptors (Lipinski definition) is 2. The lowest BCUT2D eigenvalue weighted by Crippen LogP contribution is -2.39. The topological polar surface area (TPSA) is 15.3 Å². The summed E-state index contributed by atoms with van der Waals surface area (Å²) in [6.07, 6.45) is 1.37. The molecule has 0 bridgehead atoms. The zero-order valence-corrected chi connectivity index (χ0v) is 9.56. The number of nitrogens with one attached hydrogen (secondary N) is 1. The van der Waals surface area contributed by atoms with Crippen molar-refractivity contribution in [3.63, 3.8) is 0 Å². The van der Waals surface area contributed by atoms with Crippen LogP contribution in [0.4, 0.5) is 0 Å². The lowest BCUT2D eigenvalue weighted by atomic mass is 10.1. The first kappa shape index (κ1) is 11.0. The van der Waals surface area contributed by atoms with Crippen LogP contribution in [0.25, 0.3) is 0 Å². The van der Waals surface area contributed by atoms with Crippen molar-refractivity contribution in [2.45, 2.75) is 39.7 Å². The van der Waals surface area contributed by atoms with Gasteiger partial charge in [-0.1, -0.05) is 6.92 Å². The smallest absolute Gasteiger partial charge is 0.00966 e. The SMILES string of the molecule is CCN1CCC(CNC(C)(C)C)C1. The van der Waals surface area contributed by atoms with Gasteiger partial charge in [0.1, 0.15) is 0 Å². The van der Waals surface area contributed by atoms with Crippen LogP contribution < -0.4 is 5.32 Å². The second-order valence-electron chi connectivity index (χ2n) is 5.18. The molecular formula is C11H24N2. The number of nitrogens with zero attached hydrogens (tertiary/aromatic N) is 1. The molecule has 0 aliphatic carbocycles. The number of hydrogen-bond donors (Lipinski definition) is 1. The van der Waals surface area contributed by atoms with Crippen molar-refractivity contribution < 1.29 is 0 Å². The Morgan fingerprint density at radius 2 is 2.08 bits per heavy atom. The van der Waals surface area contributed by atoms with Crippen LogP contribution in [0, 0.1) is 5.92 Å². The van der Waals surface area contributed by atoms with E-state index in [2.05, 4.69) is 37.9 Å². The lowest BCUT2D eigenvalue weighted by Gasteiger charge is -2.23. The Morgan fingerprint density at radius 3 is 2.54 bits per heavy atom. The monoisotopic (exact) mass is 184 g/mol. The first-order valence-electron chi connectivity index (χ1n) is 5.48. The van der Waals surface area contributed by atoms with Gasteiger partial charge in [0.2, 0.25) is 0 Å². The molecule has 1 aliphatic rings. The number of rotatable bonds is 3. The maximum Gasteiger partial charge on any atom is 0.00966 e. The molecule has 0 saturated carbocycles. The molecule has 0 aromatic rings. The minimum absolute atomic E-state index is 0.277. The van der Waals surface area contributed by atoms with E-state index in [1.165, 1.54) is 32.6 Å². The van der Waals surface area contributed by atoms with Crippen LogP contribution in [-0.4, -0.2) is 36.6 Å². The van der Waals surface area contributed by atoms with Gasteiger partial charge in [0.05, 0.1) is 0 Å². The van der Waals surface area contributed by atoms with Gasteiger partial charge >= 0.3 is 0 Å². The molecule has 2 nitrogen and oxygen atoms in total. The van der Waals surface area contributed by atoms with E-state index in [-0.39, 0.29) is 5.54 Å². The van der Waals surface area contributed by atoms with Gasteiger partial charge in [0.15, 0.2) is 0 Å². The molecule has 1 unspecified atom stereocenters. The zero-order valence-electron chi connectivity index (χ0n) is 9.56. The fraction of sp³-hybridized carbons (Fsp3) is 1.00. The third-order valence-corrected chi connectivity index (χ3v) is 2.74. The summed E-state index contributed by atoms with van der Waals surface area (Å²) in [6.45, 7) is 13.9. The molecular weight excluding hydrogens is 160 g/mol. The van der Waals surface area contributed by atoms with Crippen molar-refractivity contribution in [3.8, 4) is 0 Å². The second kappa shape index (κ2) is 4.43. The predicted octanol–water partition coefficient (Wildman–Crippen LogP) is 1.72. The first-order chi connectivity index (χ1) is 6.01. The molecule has 1 N–H and O–H groups in total. The van der Waals surface area contributed by atoms with Crippen molar-refractivity contribution in [1.82, 2.24) is 10.2 Å². The van der Waals surface area contributed by atoms with Crippen LogP contribution in [0.2, 0.25) is 0 Å². The Hall–Kier alpha value is -0.0800. The minimum atomic E-state index is 0.277. The molecule has 1 aliphatic heterocycles. The summed E-state index contributed by atoms with van der Waals surface area (Å²) in [5.41, 5.74) is 0.277. The van der Waals surface area contributed by atoms with Crippen LogP contribution in [0.5, 0.6) is 0 Å². The van der Waals surface area contributed by atoms with E-state index >= 15 is 0 Å². The molecule has 0 amide bonds. The lowest BCUT2D eigenvalue weighted by molar-refractivity contribution is 0.325. The number of likely N-dealkylation sites (tertiary alicyclic amines) is 1. The fourth-order valence-corrected chi connectivity index (χ4v) is 1.82. The molecule has 0 radical (unpaired) electrons. The minimum Gasteiger partial charge on any atom is -0.312 e. The third kappa shape index (κ3) is 4.10. The summed E-state index contributed by atoms with van der Waals surface area (Å²) < 4.78 is 0. The summed E-state index contributed by atoms with van der Waals surface area (Å²) in [6, 6.07) is 0. The standard InChI is InChI=1S/C11H24N2/c1-5-13-7-6-10(9-13)8-12-11(2,3)4/h10,12H,5-9H2,1-4H3. The highest BCUT2D eigenvalue weighted by Crippen LogP contribution is 2.15. The highest BCUT2D eigenvalue weighted by atomic mass is 15.1. The molecule has 2 heteroatoms.